The highest BCUT2D eigenvalue weighted by atomic mass is 16.5. The Kier molecular flexibility index (Phi) is 5.59. The highest BCUT2D eigenvalue weighted by molar-refractivity contribution is 5.95. The van der Waals surface area contributed by atoms with Gasteiger partial charge in [-0.05, 0) is 32.0 Å². The summed E-state index contributed by atoms with van der Waals surface area (Å²) in [6.07, 6.45) is 0.274. The molecule has 0 unspecified atom stereocenters. The summed E-state index contributed by atoms with van der Waals surface area (Å²) in [4.78, 5) is 16.6. The summed E-state index contributed by atoms with van der Waals surface area (Å²) in [5.74, 6) is 0.0698. The van der Waals surface area contributed by atoms with Crippen LogP contribution in [0, 0.1) is 0 Å². The van der Waals surface area contributed by atoms with Gasteiger partial charge >= 0.3 is 0 Å². The van der Waals surface area contributed by atoms with Gasteiger partial charge in [0, 0.05) is 44.0 Å². The molecular formula is C16H25N3O2. The maximum atomic E-state index is 12.4. The minimum atomic E-state index is 0.0698. The van der Waals surface area contributed by atoms with Gasteiger partial charge in [-0.1, -0.05) is 6.07 Å². The lowest BCUT2D eigenvalue weighted by Gasteiger charge is -2.34. The number of carbonyl (C=O) groups excluding carboxylic acids is 1. The Bertz CT molecular complexity index is 468. The lowest BCUT2D eigenvalue weighted by Crippen LogP contribution is -2.49. The molecule has 0 bridgehead atoms. The molecule has 5 heteroatoms. The van der Waals surface area contributed by atoms with Gasteiger partial charge in [0.25, 0.3) is 5.91 Å². The second-order valence-corrected chi connectivity index (χ2v) is 5.68. The summed E-state index contributed by atoms with van der Waals surface area (Å²) in [6, 6.07) is 7.18. The van der Waals surface area contributed by atoms with Gasteiger partial charge in [0.1, 0.15) is 0 Å². The van der Waals surface area contributed by atoms with Gasteiger partial charge in [0.05, 0.1) is 12.7 Å². The van der Waals surface area contributed by atoms with E-state index in [2.05, 4.69) is 4.90 Å². The van der Waals surface area contributed by atoms with Crippen LogP contribution in [0.2, 0.25) is 0 Å². The van der Waals surface area contributed by atoms with Crippen molar-refractivity contribution in [3.8, 4) is 0 Å². The summed E-state index contributed by atoms with van der Waals surface area (Å²) in [5, 5.41) is 0. The van der Waals surface area contributed by atoms with Gasteiger partial charge < -0.3 is 15.4 Å². The molecule has 1 amide bonds. The standard InChI is InChI=1S/C16H25N3O2/c1-13(2)21-11-10-18-6-8-19(9-7-18)16(20)14-4-3-5-15(17)12-14/h3-5,12-13H,6-11,17H2,1-2H3. The zero-order chi connectivity index (χ0) is 15.2. The topological polar surface area (TPSA) is 58.8 Å². The Morgan fingerprint density at radius 3 is 2.62 bits per heavy atom. The molecule has 0 spiro atoms. The van der Waals surface area contributed by atoms with Crippen molar-refractivity contribution in [1.82, 2.24) is 9.80 Å². The van der Waals surface area contributed by atoms with Crippen LogP contribution in [-0.2, 0) is 4.74 Å². The zero-order valence-electron chi connectivity index (χ0n) is 12.9. The molecule has 116 valence electrons. The summed E-state index contributed by atoms with van der Waals surface area (Å²) in [6.45, 7) is 9.08. The summed E-state index contributed by atoms with van der Waals surface area (Å²) in [7, 11) is 0. The number of anilines is 1. The first-order chi connectivity index (χ1) is 10.1. The van der Waals surface area contributed by atoms with Crippen molar-refractivity contribution in [3.63, 3.8) is 0 Å². The highest BCUT2D eigenvalue weighted by Crippen LogP contribution is 2.12. The van der Waals surface area contributed by atoms with E-state index in [9.17, 15) is 4.79 Å². The predicted octanol–water partition coefficient (Wildman–Crippen LogP) is 1.45. The average molecular weight is 291 g/mol. The second-order valence-electron chi connectivity index (χ2n) is 5.68. The first-order valence-corrected chi connectivity index (χ1v) is 7.55. The maximum absolute atomic E-state index is 12.4. The molecule has 0 saturated carbocycles. The Balaban J connectivity index is 1.79. The van der Waals surface area contributed by atoms with Gasteiger partial charge in [-0.25, -0.2) is 0 Å². The average Bonchev–Trinajstić information content (AvgIpc) is 2.47. The molecule has 0 atom stereocenters. The fourth-order valence-electron chi connectivity index (χ4n) is 2.45. The summed E-state index contributed by atoms with van der Waals surface area (Å²) in [5.41, 5.74) is 7.04. The van der Waals surface area contributed by atoms with Crippen molar-refractivity contribution in [2.45, 2.75) is 20.0 Å². The number of benzene rings is 1. The minimum Gasteiger partial charge on any atom is -0.399 e. The van der Waals surface area contributed by atoms with Crippen molar-refractivity contribution >= 4 is 11.6 Å². The number of hydrogen-bond donors (Lipinski definition) is 1. The fraction of sp³-hybridized carbons (Fsp3) is 0.562. The monoisotopic (exact) mass is 291 g/mol. The Labute approximate surface area is 126 Å². The van der Waals surface area contributed by atoms with Crippen LogP contribution in [0.1, 0.15) is 24.2 Å². The number of nitrogens with zero attached hydrogens (tertiary/aromatic N) is 2. The molecule has 5 nitrogen and oxygen atoms in total. The molecule has 2 N–H and O–H groups in total. The third-order valence-corrected chi connectivity index (χ3v) is 3.65. The third-order valence-electron chi connectivity index (χ3n) is 3.65. The number of nitrogens with two attached hydrogens (primary N) is 1. The number of nitrogen functional groups attached to an aromatic ring is 1. The number of hydrogen-bond acceptors (Lipinski definition) is 4. The molecule has 1 saturated heterocycles. The van der Waals surface area contributed by atoms with Crippen LogP contribution in [-0.4, -0.2) is 61.1 Å². The van der Waals surface area contributed by atoms with Crippen LogP contribution in [0.15, 0.2) is 24.3 Å². The van der Waals surface area contributed by atoms with Crippen LogP contribution >= 0.6 is 0 Å². The number of rotatable bonds is 5. The van der Waals surface area contributed by atoms with E-state index in [4.69, 9.17) is 10.5 Å². The molecule has 1 aliphatic rings. The zero-order valence-corrected chi connectivity index (χ0v) is 12.9. The normalized spacial score (nSPS) is 16.4. The molecule has 1 heterocycles. The van der Waals surface area contributed by atoms with Crippen LogP contribution in [0.25, 0.3) is 0 Å². The Hall–Kier alpha value is -1.59. The van der Waals surface area contributed by atoms with Crippen LogP contribution in [0.5, 0.6) is 0 Å². The smallest absolute Gasteiger partial charge is 0.254 e. The molecule has 21 heavy (non-hydrogen) atoms. The van der Waals surface area contributed by atoms with Crippen LogP contribution in [0.4, 0.5) is 5.69 Å². The van der Waals surface area contributed by atoms with Crippen molar-refractivity contribution in [1.29, 1.82) is 0 Å². The number of piperazine rings is 1. The van der Waals surface area contributed by atoms with E-state index in [-0.39, 0.29) is 12.0 Å². The van der Waals surface area contributed by atoms with Crippen LogP contribution < -0.4 is 5.73 Å². The van der Waals surface area contributed by atoms with E-state index < -0.39 is 0 Å². The van der Waals surface area contributed by atoms with E-state index in [0.717, 1.165) is 39.3 Å². The molecule has 0 aromatic heterocycles. The SMILES string of the molecule is CC(C)OCCN1CCN(C(=O)c2cccc(N)c2)CC1. The Morgan fingerprint density at radius 1 is 1.29 bits per heavy atom. The lowest BCUT2D eigenvalue weighted by molar-refractivity contribution is 0.0407. The van der Waals surface area contributed by atoms with Gasteiger partial charge in [-0.2, -0.15) is 0 Å². The number of carbonyl (C=O) groups is 1. The van der Waals surface area contributed by atoms with E-state index in [0.29, 0.717) is 11.3 Å². The lowest BCUT2D eigenvalue weighted by atomic mass is 10.1. The van der Waals surface area contributed by atoms with Crippen molar-refractivity contribution in [3.05, 3.63) is 29.8 Å². The van der Waals surface area contributed by atoms with Crippen molar-refractivity contribution in [2.75, 3.05) is 45.1 Å². The van der Waals surface area contributed by atoms with Crippen molar-refractivity contribution in [2.24, 2.45) is 0 Å². The van der Waals surface area contributed by atoms with Crippen LogP contribution in [0.3, 0.4) is 0 Å². The van der Waals surface area contributed by atoms with E-state index in [1.807, 2.05) is 30.9 Å². The first-order valence-electron chi connectivity index (χ1n) is 7.55. The molecule has 0 aliphatic carbocycles. The van der Waals surface area contributed by atoms with E-state index in [1.165, 1.54) is 0 Å². The highest BCUT2D eigenvalue weighted by Gasteiger charge is 2.21. The molecular weight excluding hydrogens is 266 g/mol. The minimum absolute atomic E-state index is 0.0698. The van der Waals surface area contributed by atoms with Gasteiger partial charge in [-0.15, -0.1) is 0 Å². The Morgan fingerprint density at radius 2 is 2.00 bits per heavy atom. The maximum Gasteiger partial charge on any atom is 0.254 e. The molecule has 1 aliphatic heterocycles. The number of amides is 1. The fourth-order valence-corrected chi connectivity index (χ4v) is 2.45. The quantitative estimate of drug-likeness (QED) is 0.834. The molecule has 1 aromatic carbocycles. The molecule has 2 rings (SSSR count). The summed E-state index contributed by atoms with van der Waals surface area (Å²) < 4.78 is 5.57. The molecule has 1 fully saturated rings. The van der Waals surface area contributed by atoms with Gasteiger partial charge in [0.15, 0.2) is 0 Å². The molecule has 1 aromatic rings. The van der Waals surface area contributed by atoms with E-state index in [1.54, 1.807) is 12.1 Å². The largest absolute Gasteiger partial charge is 0.399 e. The van der Waals surface area contributed by atoms with Gasteiger partial charge in [-0.3, -0.25) is 9.69 Å². The van der Waals surface area contributed by atoms with E-state index >= 15 is 0 Å². The number of ether oxygens (including phenoxy) is 1. The predicted molar refractivity (Wildman–Crippen MR) is 84.3 cm³/mol. The molecule has 0 radical (unpaired) electrons. The summed E-state index contributed by atoms with van der Waals surface area (Å²) >= 11 is 0. The first kappa shape index (κ1) is 15.8. The third kappa shape index (κ3) is 4.72. The van der Waals surface area contributed by atoms with Gasteiger partial charge in [0.2, 0.25) is 0 Å². The second kappa shape index (κ2) is 7.43. The van der Waals surface area contributed by atoms with Crippen molar-refractivity contribution < 1.29 is 9.53 Å².